The van der Waals surface area contributed by atoms with E-state index in [0.717, 1.165) is 24.1 Å². The lowest BCUT2D eigenvalue weighted by molar-refractivity contribution is -0.135. The normalized spacial score (nSPS) is 15.5. The summed E-state index contributed by atoms with van der Waals surface area (Å²) in [6.07, 6.45) is 2.03. The summed E-state index contributed by atoms with van der Waals surface area (Å²) in [7, 11) is 0. The average Bonchev–Trinajstić information content (AvgIpc) is 3.20. The van der Waals surface area contributed by atoms with Gasteiger partial charge < -0.3 is 15.3 Å². The largest absolute Gasteiger partial charge is 0.480 e. The number of hydrogen-bond acceptors (Lipinski definition) is 3. The maximum atomic E-state index is 12.1. The van der Waals surface area contributed by atoms with Gasteiger partial charge in [-0.3, -0.25) is 9.59 Å². The van der Waals surface area contributed by atoms with Gasteiger partial charge in [-0.1, -0.05) is 17.7 Å². The molecule has 0 saturated heterocycles. The summed E-state index contributed by atoms with van der Waals surface area (Å²) < 4.78 is 0. The zero-order valence-electron chi connectivity index (χ0n) is 11.8. The minimum atomic E-state index is -0.948. The highest BCUT2D eigenvalue weighted by molar-refractivity contribution is 5.87. The molecule has 1 aromatic rings. The van der Waals surface area contributed by atoms with Gasteiger partial charge in [0.15, 0.2) is 0 Å². The van der Waals surface area contributed by atoms with Gasteiger partial charge in [-0.05, 0) is 38.8 Å². The Balaban J connectivity index is 2.14. The van der Waals surface area contributed by atoms with Crippen molar-refractivity contribution in [2.24, 2.45) is 0 Å². The lowest BCUT2D eigenvalue weighted by atomic mass is 10.1. The van der Waals surface area contributed by atoms with Crippen LogP contribution in [0.5, 0.6) is 0 Å². The Kier molecular flexibility index (Phi) is 4.27. The number of carboxylic acid groups (broad SMARTS) is 1. The van der Waals surface area contributed by atoms with Crippen molar-refractivity contribution in [2.75, 3.05) is 11.4 Å². The number of carbonyl (C=O) groups excluding carboxylic acids is 1. The van der Waals surface area contributed by atoms with Gasteiger partial charge in [-0.25, -0.2) is 0 Å². The Morgan fingerprint density at radius 3 is 2.45 bits per heavy atom. The van der Waals surface area contributed by atoms with Gasteiger partial charge in [-0.15, -0.1) is 0 Å². The van der Waals surface area contributed by atoms with Crippen molar-refractivity contribution in [3.63, 3.8) is 0 Å². The Hall–Kier alpha value is -2.04. The lowest BCUT2D eigenvalue weighted by Crippen LogP contribution is -2.48. The molecule has 5 nitrogen and oxygen atoms in total. The van der Waals surface area contributed by atoms with Crippen LogP contribution in [-0.4, -0.2) is 35.6 Å². The second-order valence-electron chi connectivity index (χ2n) is 5.32. The molecule has 2 N–H and O–H groups in total. The molecule has 0 heterocycles. The SMILES string of the molecule is Cc1ccc(N(CC(=O)O)C(C)C(=O)NC2CC2)cc1. The van der Waals surface area contributed by atoms with Crippen molar-refractivity contribution in [3.05, 3.63) is 29.8 Å². The molecule has 1 amide bonds. The number of benzene rings is 1. The monoisotopic (exact) mass is 276 g/mol. The number of rotatable bonds is 6. The second-order valence-corrected chi connectivity index (χ2v) is 5.32. The molecule has 2 rings (SSSR count). The number of nitrogens with zero attached hydrogens (tertiary/aromatic N) is 1. The Labute approximate surface area is 118 Å². The molecule has 20 heavy (non-hydrogen) atoms. The molecule has 0 radical (unpaired) electrons. The van der Waals surface area contributed by atoms with E-state index in [-0.39, 0.29) is 18.5 Å². The van der Waals surface area contributed by atoms with E-state index in [2.05, 4.69) is 5.32 Å². The number of anilines is 1. The zero-order valence-corrected chi connectivity index (χ0v) is 11.8. The third-order valence-electron chi connectivity index (χ3n) is 3.44. The molecule has 0 aliphatic heterocycles. The Morgan fingerprint density at radius 1 is 1.35 bits per heavy atom. The highest BCUT2D eigenvalue weighted by Crippen LogP contribution is 2.21. The highest BCUT2D eigenvalue weighted by atomic mass is 16.4. The summed E-state index contributed by atoms with van der Waals surface area (Å²) in [5, 5.41) is 12.0. The fourth-order valence-corrected chi connectivity index (χ4v) is 2.02. The van der Waals surface area contributed by atoms with Crippen LogP contribution in [-0.2, 0) is 9.59 Å². The molecule has 1 atom stereocenters. The molecule has 1 unspecified atom stereocenters. The first-order valence-electron chi connectivity index (χ1n) is 6.83. The summed E-state index contributed by atoms with van der Waals surface area (Å²) in [5.41, 5.74) is 1.84. The third-order valence-corrected chi connectivity index (χ3v) is 3.44. The molecule has 5 heteroatoms. The van der Waals surface area contributed by atoms with Crippen LogP contribution in [0.4, 0.5) is 5.69 Å². The van der Waals surface area contributed by atoms with E-state index in [1.807, 2.05) is 31.2 Å². The first-order chi connectivity index (χ1) is 9.47. The molecule has 0 aromatic heterocycles. The fourth-order valence-electron chi connectivity index (χ4n) is 2.02. The van der Waals surface area contributed by atoms with Gasteiger partial charge in [0.05, 0.1) is 0 Å². The second kappa shape index (κ2) is 5.94. The van der Waals surface area contributed by atoms with E-state index >= 15 is 0 Å². The molecule has 1 fully saturated rings. The van der Waals surface area contributed by atoms with Crippen molar-refractivity contribution >= 4 is 17.6 Å². The Bertz CT molecular complexity index is 494. The molecule has 108 valence electrons. The van der Waals surface area contributed by atoms with Gasteiger partial charge in [0, 0.05) is 11.7 Å². The maximum Gasteiger partial charge on any atom is 0.323 e. The zero-order chi connectivity index (χ0) is 14.7. The van der Waals surface area contributed by atoms with Crippen molar-refractivity contribution < 1.29 is 14.7 Å². The van der Waals surface area contributed by atoms with Crippen LogP contribution in [0.25, 0.3) is 0 Å². The molecular formula is C15H20N2O3. The van der Waals surface area contributed by atoms with Gasteiger partial charge in [0.2, 0.25) is 5.91 Å². The number of aliphatic carboxylic acids is 1. The Morgan fingerprint density at radius 2 is 1.95 bits per heavy atom. The number of nitrogens with one attached hydrogen (secondary N) is 1. The van der Waals surface area contributed by atoms with Crippen LogP contribution in [0.1, 0.15) is 25.3 Å². The van der Waals surface area contributed by atoms with E-state index in [0.29, 0.717) is 0 Å². The predicted molar refractivity (Wildman–Crippen MR) is 76.8 cm³/mol. The summed E-state index contributed by atoms with van der Waals surface area (Å²) >= 11 is 0. The first kappa shape index (κ1) is 14.4. The number of amides is 1. The van der Waals surface area contributed by atoms with Gasteiger partial charge >= 0.3 is 5.97 Å². The summed E-state index contributed by atoms with van der Waals surface area (Å²) in [5.74, 6) is -1.06. The summed E-state index contributed by atoms with van der Waals surface area (Å²) in [4.78, 5) is 24.8. The minimum absolute atomic E-state index is 0.116. The first-order valence-corrected chi connectivity index (χ1v) is 6.83. The molecule has 0 bridgehead atoms. The fraction of sp³-hybridized carbons (Fsp3) is 0.467. The quantitative estimate of drug-likeness (QED) is 0.827. The molecular weight excluding hydrogens is 256 g/mol. The molecule has 1 saturated carbocycles. The van der Waals surface area contributed by atoms with Crippen molar-refractivity contribution in [1.82, 2.24) is 5.32 Å². The minimum Gasteiger partial charge on any atom is -0.480 e. The maximum absolute atomic E-state index is 12.1. The predicted octanol–water partition coefficient (Wildman–Crippen LogP) is 1.55. The van der Waals surface area contributed by atoms with Gasteiger partial charge in [0.25, 0.3) is 0 Å². The van der Waals surface area contributed by atoms with E-state index in [4.69, 9.17) is 5.11 Å². The molecule has 1 aromatic carbocycles. The van der Waals surface area contributed by atoms with E-state index in [1.54, 1.807) is 11.8 Å². The van der Waals surface area contributed by atoms with Crippen LogP contribution in [0.15, 0.2) is 24.3 Å². The summed E-state index contributed by atoms with van der Waals surface area (Å²) in [6, 6.07) is 7.29. The van der Waals surface area contributed by atoms with E-state index in [1.165, 1.54) is 0 Å². The molecule has 1 aliphatic rings. The number of aryl methyl sites for hydroxylation is 1. The number of hydrogen-bond donors (Lipinski definition) is 2. The number of carbonyl (C=O) groups is 2. The van der Waals surface area contributed by atoms with Crippen LogP contribution >= 0.6 is 0 Å². The van der Waals surface area contributed by atoms with Crippen molar-refractivity contribution in [3.8, 4) is 0 Å². The van der Waals surface area contributed by atoms with Gasteiger partial charge in [0.1, 0.15) is 12.6 Å². The highest BCUT2D eigenvalue weighted by Gasteiger charge is 2.29. The van der Waals surface area contributed by atoms with Crippen molar-refractivity contribution in [1.29, 1.82) is 0 Å². The van der Waals surface area contributed by atoms with E-state index in [9.17, 15) is 9.59 Å². The van der Waals surface area contributed by atoms with Crippen LogP contribution in [0.3, 0.4) is 0 Å². The van der Waals surface area contributed by atoms with E-state index < -0.39 is 12.0 Å². The standard InChI is InChI=1S/C15H20N2O3/c1-10-3-7-13(8-4-10)17(9-14(18)19)11(2)15(20)16-12-5-6-12/h3-4,7-8,11-12H,5-6,9H2,1-2H3,(H,16,20)(H,18,19). The van der Waals surface area contributed by atoms with Crippen LogP contribution in [0, 0.1) is 6.92 Å². The van der Waals surface area contributed by atoms with Crippen LogP contribution < -0.4 is 10.2 Å². The van der Waals surface area contributed by atoms with Crippen molar-refractivity contribution in [2.45, 2.75) is 38.8 Å². The molecule has 0 spiro atoms. The lowest BCUT2D eigenvalue weighted by Gasteiger charge is -2.29. The third kappa shape index (κ3) is 3.73. The number of carboxylic acids is 1. The van der Waals surface area contributed by atoms with Gasteiger partial charge in [-0.2, -0.15) is 0 Å². The molecule has 1 aliphatic carbocycles. The smallest absolute Gasteiger partial charge is 0.323 e. The summed E-state index contributed by atoms with van der Waals surface area (Å²) in [6.45, 7) is 3.51. The topological polar surface area (TPSA) is 69.6 Å². The average molecular weight is 276 g/mol. The van der Waals surface area contributed by atoms with Crippen LogP contribution in [0.2, 0.25) is 0 Å².